The van der Waals surface area contributed by atoms with Gasteiger partial charge in [-0.25, -0.2) is 4.79 Å². The van der Waals surface area contributed by atoms with Gasteiger partial charge in [0.1, 0.15) is 23.6 Å². The molecule has 11 heteroatoms. The molecule has 1 aromatic rings. The SMILES string of the molecule is C[C@H](CC(=O)[C@H](C)NC(=O)OCc1ccccc1)C(=O)OC(C)(C)C.C[C@H](N)C(=O)C[C@@H](C)C(=O)OC(C)(C)C.[HH].[Pd]. The summed E-state index contributed by atoms with van der Waals surface area (Å²) in [5.74, 6) is -2.15. The number of ether oxygens (including phenoxy) is 3. The molecule has 4 atom stereocenters. The van der Waals surface area contributed by atoms with Gasteiger partial charge in [-0.2, -0.15) is 0 Å². The molecule has 1 rings (SSSR count). The smallest absolute Gasteiger partial charge is 0.408 e. The minimum atomic E-state index is -0.742. The third-order valence-electron chi connectivity index (χ3n) is 5.17. The van der Waals surface area contributed by atoms with Gasteiger partial charge in [-0.3, -0.25) is 19.2 Å². The molecule has 0 aliphatic rings. The van der Waals surface area contributed by atoms with E-state index in [1.54, 1.807) is 69.2 Å². The van der Waals surface area contributed by atoms with E-state index in [9.17, 15) is 24.0 Å². The van der Waals surface area contributed by atoms with E-state index in [0.717, 1.165) is 5.56 Å². The van der Waals surface area contributed by atoms with Crippen molar-refractivity contribution in [1.29, 1.82) is 0 Å². The summed E-state index contributed by atoms with van der Waals surface area (Å²) in [5.41, 5.74) is 5.16. The van der Waals surface area contributed by atoms with Crippen molar-refractivity contribution in [3.05, 3.63) is 35.9 Å². The van der Waals surface area contributed by atoms with Gasteiger partial charge in [0.25, 0.3) is 0 Å². The first-order chi connectivity index (χ1) is 18.2. The van der Waals surface area contributed by atoms with Crippen LogP contribution in [0.4, 0.5) is 4.79 Å². The van der Waals surface area contributed by atoms with Gasteiger partial charge in [-0.1, -0.05) is 44.2 Å². The van der Waals surface area contributed by atoms with Crippen LogP contribution >= 0.6 is 0 Å². The van der Waals surface area contributed by atoms with Gasteiger partial charge in [0.05, 0.1) is 23.9 Å². The average Bonchev–Trinajstić information content (AvgIpc) is 2.81. The standard InChI is InChI=1S/C19H27NO5.C11H21NO3.Pd.H2/c1-13(17(22)25-19(3,4)5)11-16(21)14(2)20-18(23)24-12-15-9-7-6-8-10-15;1-7(6-9(13)8(2)12)10(14)15-11(3,4)5;;/h6-10,13-14H,11-12H2,1-5H3,(H,20,23);7-8H,6,12H2,1-5H3;;1H/t13-,14+;7-,8+;;/m11../s1. The summed E-state index contributed by atoms with van der Waals surface area (Å²) in [6.07, 6.45) is -0.531. The van der Waals surface area contributed by atoms with Crippen LogP contribution in [0.25, 0.3) is 0 Å². The largest absolute Gasteiger partial charge is 0.460 e. The molecule has 238 valence electrons. The number of benzene rings is 1. The van der Waals surface area contributed by atoms with Crippen LogP contribution in [0.15, 0.2) is 30.3 Å². The molecule has 1 aromatic carbocycles. The van der Waals surface area contributed by atoms with E-state index >= 15 is 0 Å². The van der Waals surface area contributed by atoms with E-state index in [-0.39, 0.29) is 58.8 Å². The second-order valence-electron chi connectivity index (χ2n) is 11.9. The fourth-order valence-electron chi connectivity index (χ4n) is 2.96. The molecule has 0 bridgehead atoms. The van der Waals surface area contributed by atoms with Crippen molar-refractivity contribution in [3.63, 3.8) is 0 Å². The normalized spacial score (nSPS) is 13.9. The number of alkyl carbamates (subject to hydrolysis) is 1. The first-order valence-electron chi connectivity index (χ1n) is 13.5. The molecule has 0 aromatic heterocycles. The second-order valence-corrected chi connectivity index (χ2v) is 11.9. The van der Waals surface area contributed by atoms with Crippen molar-refractivity contribution in [2.75, 3.05) is 0 Å². The van der Waals surface area contributed by atoms with Gasteiger partial charge in [0.15, 0.2) is 5.78 Å². The van der Waals surface area contributed by atoms with E-state index < -0.39 is 47.2 Å². The van der Waals surface area contributed by atoms with Crippen LogP contribution in [0.1, 0.15) is 89.1 Å². The number of ketones is 2. The number of amides is 1. The van der Waals surface area contributed by atoms with E-state index in [2.05, 4.69) is 5.32 Å². The Labute approximate surface area is 259 Å². The zero-order chi connectivity index (χ0) is 31.3. The predicted molar refractivity (Wildman–Crippen MR) is 154 cm³/mol. The number of carbonyl (C=O) groups excluding carboxylic acids is 5. The third-order valence-corrected chi connectivity index (χ3v) is 5.17. The summed E-state index contributed by atoms with van der Waals surface area (Å²) < 4.78 is 15.5. The zero-order valence-electron chi connectivity index (χ0n) is 26.0. The number of esters is 2. The van der Waals surface area contributed by atoms with Crippen LogP contribution in [-0.4, -0.2) is 52.9 Å². The fourth-order valence-corrected chi connectivity index (χ4v) is 2.96. The maximum atomic E-state index is 12.2. The van der Waals surface area contributed by atoms with Gasteiger partial charge < -0.3 is 25.3 Å². The van der Waals surface area contributed by atoms with Gasteiger partial charge in [-0.15, -0.1) is 0 Å². The Morgan fingerprint density at radius 3 is 1.59 bits per heavy atom. The van der Waals surface area contributed by atoms with E-state index in [0.29, 0.717) is 0 Å². The fraction of sp³-hybridized carbons (Fsp3) is 0.633. The number of hydrogen-bond acceptors (Lipinski definition) is 9. The number of hydrogen-bond donors (Lipinski definition) is 2. The summed E-state index contributed by atoms with van der Waals surface area (Å²) in [6.45, 7) is 17.3. The molecule has 10 nitrogen and oxygen atoms in total. The number of nitrogens with one attached hydrogen (secondary N) is 1. The van der Waals surface area contributed by atoms with Crippen molar-refractivity contribution < 1.29 is 60.0 Å². The Balaban J connectivity index is -0.000000776. The van der Waals surface area contributed by atoms with E-state index in [1.165, 1.54) is 0 Å². The number of nitrogens with two attached hydrogens (primary N) is 1. The van der Waals surface area contributed by atoms with Crippen molar-refractivity contribution >= 4 is 29.6 Å². The number of Topliss-reactive ketones (excluding diaryl/α,β-unsaturated/α-hetero) is 2. The van der Waals surface area contributed by atoms with E-state index in [4.69, 9.17) is 19.9 Å². The molecule has 0 heterocycles. The van der Waals surface area contributed by atoms with Crippen molar-refractivity contribution in [2.24, 2.45) is 17.6 Å². The summed E-state index contributed by atoms with van der Waals surface area (Å²) in [6, 6.07) is 7.98. The minimum absolute atomic E-state index is 0. The molecule has 0 radical (unpaired) electrons. The molecule has 0 spiro atoms. The quantitative estimate of drug-likeness (QED) is 0.193. The molecule has 0 fully saturated rings. The molecular formula is C30H50N2O8Pd. The Kier molecular flexibility index (Phi) is 18.5. The predicted octanol–water partition coefficient (Wildman–Crippen LogP) is 4.75. The van der Waals surface area contributed by atoms with Gasteiger partial charge in [0.2, 0.25) is 0 Å². The maximum Gasteiger partial charge on any atom is 0.408 e. The Bertz CT molecular complexity index is 991. The van der Waals surface area contributed by atoms with Crippen LogP contribution in [0.5, 0.6) is 0 Å². The summed E-state index contributed by atoms with van der Waals surface area (Å²) in [5, 5.41) is 2.48. The second kappa shape index (κ2) is 18.8. The molecular weight excluding hydrogens is 623 g/mol. The zero-order valence-corrected chi connectivity index (χ0v) is 27.5. The average molecular weight is 673 g/mol. The van der Waals surface area contributed by atoms with Gasteiger partial charge in [0, 0.05) is 34.7 Å². The van der Waals surface area contributed by atoms with Crippen molar-refractivity contribution in [3.8, 4) is 0 Å². The summed E-state index contributed by atoms with van der Waals surface area (Å²) in [4.78, 5) is 58.6. The first kappa shape index (κ1) is 40.5. The molecule has 3 N–H and O–H groups in total. The van der Waals surface area contributed by atoms with Crippen LogP contribution in [0.2, 0.25) is 0 Å². The van der Waals surface area contributed by atoms with Crippen molar-refractivity contribution in [1.82, 2.24) is 5.32 Å². The summed E-state index contributed by atoms with van der Waals surface area (Å²) >= 11 is 0. The summed E-state index contributed by atoms with van der Waals surface area (Å²) in [7, 11) is 0. The Morgan fingerprint density at radius 2 is 1.20 bits per heavy atom. The maximum absolute atomic E-state index is 12.2. The monoisotopic (exact) mass is 672 g/mol. The van der Waals surface area contributed by atoms with Crippen LogP contribution < -0.4 is 11.1 Å². The Hall–Kier alpha value is -2.61. The van der Waals surface area contributed by atoms with Crippen LogP contribution in [0, 0.1) is 11.8 Å². The third kappa shape index (κ3) is 20.0. The van der Waals surface area contributed by atoms with E-state index in [1.807, 2.05) is 30.3 Å². The molecule has 41 heavy (non-hydrogen) atoms. The van der Waals surface area contributed by atoms with Crippen molar-refractivity contribution in [2.45, 2.75) is 112 Å². The van der Waals surface area contributed by atoms with Gasteiger partial charge >= 0.3 is 18.0 Å². The minimum Gasteiger partial charge on any atom is -0.460 e. The first-order valence-corrected chi connectivity index (χ1v) is 13.5. The number of rotatable bonds is 11. The van der Waals surface area contributed by atoms with Gasteiger partial charge in [-0.05, 0) is 61.0 Å². The molecule has 0 saturated heterocycles. The Morgan fingerprint density at radius 1 is 0.780 bits per heavy atom. The number of carbonyl (C=O) groups is 5. The molecule has 0 aliphatic carbocycles. The topological polar surface area (TPSA) is 151 Å². The molecule has 1 amide bonds. The molecule has 0 aliphatic heterocycles. The van der Waals surface area contributed by atoms with Crippen LogP contribution in [-0.2, 0) is 60.4 Å². The molecule has 0 unspecified atom stereocenters. The van der Waals surface area contributed by atoms with Crippen LogP contribution in [0.3, 0.4) is 0 Å². The molecule has 0 saturated carbocycles.